The molecule has 0 fully saturated rings. The molecule has 5 heteroatoms. The van der Waals surface area contributed by atoms with Gasteiger partial charge in [-0.1, -0.05) is 12.1 Å². The van der Waals surface area contributed by atoms with E-state index in [0.717, 1.165) is 11.3 Å². The van der Waals surface area contributed by atoms with Crippen molar-refractivity contribution in [1.29, 1.82) is 0 Å². The maximum atomic E-state index is 12.7. The highest BCUT2D eigenvalue weighted by molar-refractivity contribution is 5.94. The average Bonchev–Trinajstić information content (AvgIpc) is 2.74. The molecule has 0 bridgehead atoms. The van der Waals surface area contributed by atoms with E-state index in [1.54, 1.807) is 19.1 Å². The number of nitrogens with one attached hydrogen (secondary N) is 2. The Kier molecular flexibility index (Phi) is 3.18. The molecule has 0 atom stereocenters. The molecule has 2 N–H and O–H groups in total. The molecule has 17 heavy (non-hydrogen) atoms. The Morgan fingerprint density at radius 1 is 1.41 bits per heavy atom. The lowest BCUT2D eigenvalue weighted by atomic mass is 10.2. The molecule has 1 aromatic heterocycles. The maximum Gasteiger partial charge on any atom is 0.255 e. The Hall–Kier alpha value is -2.17. The molecule has 0 radical (unpaired) electrons. The van der Waals surface area contributed by atoms with Crippen molar-refractivity contribution in [2.24, 2.45) is 0 Å². The van der Waals surface area contributed by atoms with Gasteiger partial charge in [-0.05, 0) is 24.6 Å². The molecule has 1 amide bonds. The predicted molar refractivity (Wildman–Crippen MR) is 60.9 cm³/mol. The van der Waals surface area contributed by atoms with Crippen LogP contribution in [0.25, 0.3) is 0 Å². The first-order chi connectivity index (χ1) is 8.16. The highest BCUT2D eigenvalue weighted by Gasteiger charge is 2.09. The molecule has 0 saturated heterocycles. The van der Waals surface area contributed by atoms with Crippen LogP contribution >= 0.6 is 0 Å². The summed E-state index contributed by atoms with van der Waals surface area (Å²) >= 11 is 0. The standard InChI is InChI=1S/C12H12FN3O/c1-8-11(7-15-16-8)12(17)14-6-9-2-4-10(13)5-3-9/h2-5,7H,6H2,1H3,(H,14,17)(H,15,16). The Balaban J connectivity index is 1.97. The molecule has 4 nitrogen and oxygen atoms in total. The second-order valence-electron chi connectivity index (χ2n) is 3.72. The first kappa shape index (κ1) is 11.3. The summed E-state index contributed by atoms with van der Waals surface area (Å²) in [5.41, 5.74) is 2.09. The fourth-order valence-corrected chi connectivity index (χ4v) is 1.46. The van der Waals surface area contributed by atoms with Gasteiger partial charge < -0.3 is 5.32 Å². The van der Waals surface area contributed by atoms with Gasteiger partial charge in [0.1, 0.15) is 5.82 Å². The molecule has 1 heterocycles. The smallest absolute Gasteiger partial charge is 0.255 e. The second-order valence-corrected chi connectivity index (χ2v) is 3.72. The summed E-state index contributed by atoms with van der Waals surface area (Å²) in [6.45, 7) is 2.14. The van der Waals surface area contributed by atoms with Crippen molar-refractivity contribution >= 4 is 5.91 Å². The van der Waals surface area contributed by atoms with Crippen molar-refractivity contribution in [3.8, 4) is 0 Å². The molecular formula is C12H12FN3O. The van der Waals surface area contributed by atoms with Crippen molar-refractivity contribution in [2.45, 2.75) is 13.5 Å². The van der Waals surface area contributed by atoms with Gasteiger partial charge in [0.05, 0.1) is 11.8 Å². The van der Waals surface area contributed by atoms with E-state index in [1.165, 1.54) is 18.3 Å². The zero-order valence-corrected chi connectivity index (χ0v) is 9.33. The summed E-state index contributed by atoms with van der Waals surface area (Å²) in [5.74, 6) is -0.480. The molecule has 1 aromatic carbocycles. The van der Waals surface area contributed by atoms with Crippen molar-refractivity contribution in [3.05, 3.63) is 53.1 Å². The molecule has 0 aliphatic carbocycles. The van der Waals surface area contributed by atoms with Gasteiger partial charge in [-0.15, -0.1) is 0 Å². The van der Waals surface area contributed by atoms with Crippen molar-refractivity contribution in [3.63, 3.8) is 0 Å². The Labute approximate surface area is 97.9 Å². The van der Waals surface area contributed by atoms with Crippen LogP contribution in [0.15, 0.2) is 30.5 Å². The molecule has 2 rings (SSSR count). The normalized spacial score (nSPS) is 10.2. The number of carbonyl (C=O) groups is 1. The fourth-order valence-electron chi connectivity index (χ4n) is 1.46. The number of aromatic amines is 1. The highest BCUT2D eigenvalue weighted by Crippen LogP contribution is 2.05. The number of aromatic nitrogens is 2. The van der Waals surface area contributed by atoms with Gasteiger partial charge in [-0.25, -0.2) is 4.39 Å². The van der Waals surface area contributed by atoms with Crippen LogP contribution in [0.3, 0.4) is 0 Å². The molecule has 0 aliphatic rings. The van der Waals surface area contributed by atoms with Gasteiger partial charge in [-0.3, -0.25) is 9.89 Å². The third-order valence-electron chi connectivity index (χ3n) is 2.44. The summed E-state index contributed by atoms with van der Waals surface area (Å²) < 4.78 is 12.7. The van der Waals surface area contributed by atoms with Crippen molar-refractivity contribution in [1.82, 2.24) is 15.5 Å². The molecule has 0 unspecified atom stereocenters. The van der Waals surface area contributed by atoms with Gasteiger partial charge in [0.25, 0.3) is 5.91 Å². The van der Waals surface area contributed by atoms with Crippen LogP contribution in [0.1, 0.15) is 21.6 Å². The molecule has 88 valence electrons. The molecule has 0 spiro atoms. The van der Waals surface area contributed by atoms with E-state index in [-0.39, 0.29) is 11.7 Å². The Morgan fingerprint density at radius 2 is 2.12 bits per heavy atom. The number of carbonyl (C=O) groups excluding carboxylic acids is 1. The number of halogens is 1. The van der Waals surface area contributed by atoms with Crippen molar-refractivity contribution in [2.75, 3.05) is 0 Å². The fraction of sp³-hybridized carbons (Fsp3) is 0.167. The zero-order valence-electron chi connectivity index (χ0n) is 9.33. The molecular weight excluding hydrogens is 221 g/mol. The Bertz CT molecular complexity index is 519. The molecule has 2 aromatic rings. The van der Waals surface area contributed by atoms with Gasteiger partial charge in [-0.2, -0.15) is 5.10 Å². The lowest BCUT2D eigenvalue weighted by Gasteiger charge is -2.04. The third kappa shape index (κ3) is 2.69. The van der Waals surface area contributed by atoms with Crippen LogP contribution in [0.5, 0.6) is 0 Å². The minimum Gasteiger partial charge on any atom is -0.348 e. The zero-order chi connectivity index (χ0) is 12.3. The highest BCUT2D eigenvalue weighted by atomic mass is 19.1. The molecule has 0 saturated carbocycles. The maximum absolute atomic E-state index is 12.7. The number of benzene rings is 1. The average molecular weight is 233 g/mol. The minimum atomic E-state index is -0.286. The van der Waals surface area contributed by atoms with Crippen LogP contribution in [0, 0.1) is 12.7 Å². The van der Waals surface area contributed by atoms with Gasteiger partial charge >= 0.3 is 0 Å². The SMILES string of the molecule is Cc1[nH]ncc1C(=O)NCc1ccc(F)cc1. The summed E-state index contributed by atoms with van der Waals surface area (Å²) in [6.07, 6.45) is 1.48. The van der Waals surface area contributed by atoms with Crippen LogP contribution in [0.2, 0.25) is 0 Å². The van der Waals surface area contributed by atoms with E-state index in [4.69, 9.17) is 0 Å². The van der Waals surface area contributed by atoms with Crippen LogP contribution in [0.4, 0.5) is 4.39 Å². The lowest BCUT2D eigenvalue weighted by Crippen LogP contribution is -2.23. The topological polar surface area (TPSA) is 57.8 Å². The number of hydrogen-bond donors (Lipinski definition) is 2. The van der Waals surface area contributed by atoms with E-state index in [9.17, 15) is 9.18 Å². The predicted octanol–water partition coefficient (Wildman–Crippen LogP) is 1.79. The minimum absolute atomic E-state index is 0.194. The number of amides is 1. The Morgan fingerprint density at radius 3 is 2.71 bits per heavy atom. The van der Waals surface area contributed by atoms with Crippen molar-refractivity contribution < 1.29 is 9.18 Å². The lowest BCUT2D eigenvalue weighted by molar-refractivity contribution is 0.0950. The number of H-pyrrole nitrogens is 1. The summed E-state index contributed by atoms with van der Waals surface area (Å²) in [4.78, 5) is 11.7. The number of rotatable bonds is 3. The van der Waals surface area contributed by atoms with E-state index in [0.29, 0.717) is 12.1 Å². The number of hydrogen-bond acceptors (Lipinski definition) is 2. The summed E-state index contributed by atoms with van der Waals surface area (Å²) in [6, 6.07) is 6.00. The van der Waals surface area contributed by atoms with Crippen LogP contribution < -0.4 is 5.32 Å². The van der Waals surface area contributed by atoms with E-state index in [2.05, 4.69) is 15.5 Å². The largest absolute Gasteiger partial charge is 0.348 e. The first-order valence-corrected chi connectivity index (χ1v) is 5.19. The second kappa shape index (κ2) is 4.78. The monoisotopic (exact) mass is 233 g/mol. The van der Waals surface area contributed by atoms with Crippen LogP contribution in [-0.2, 0) is 6.54 Å². The van der Waals surface area contributed by atoms with E-state index >= 15 is 0 Å². The third-order valence-corrected chi connectivity index (χ3v) is 2.44. The number of nitrogens with zero attached hydrogens (tertiary/aromatic N) is 1. The first-order valence-electron chi connectivity index (χ1n) is 5.19. The molecule has 0 aliphatic heterocycles. The quantitative estimate of drug-likeness (QED) is 0.849. The number of aryl methyl sites for hydroxylation is 1. The van der Waals surface area contributed by atoms with Gasteiger partial charge in [0.2, 0.25) is 0 Å². The summed E-state index contributed by atoms with van der Waals surface area (Å²) in [5, 5.41) is 9.21. The van der Waals surface area contributed by atoms with E-state index in [1.807, 2.05) is 0 Å². The van der Waals surface area contributed by atoms with Gasteiger partial charge in [0, 0.05) is 12.2 Å². The van der Waals surface area contributed by atoms with Crippen LogP contribution in [-0.4, -0.2) is 16.1 Å². The summed E-state index contributed by atoms with van der Waals surface area (Å²) in [7, 11) is 0. The van der Waals surface area contributed by atoms with E-state index < -0.39 is 0 Å². The van der Waals surface area contributed by atoms with Gasteiger partial charge in [0.15, 0.2) is 0 Å².